The van der Waals surface area contributed by atoms with Crippen LogP contribution in [0.4, 0.5) is 0 Å². The zero-order chi connectivity index (χ0) is 15.8. The predicted molar refractivity (Wildman–Crippen MR) is 79.2 cm³/mol. The Bertz CT molecular complexity index is 568. The summed E-state index contributed by atoms with van der Waals surface area (Å²) in [6, 6.07) is 7.85. The van der Waals surface area contributed by atoms with E-state index in [1.165, 1.54) is 6.08 Å². The minimum Gasteiger partial charge on any atom is -0.480 e. The highest BCUT2D eigenvalue weighted by Crippen LogP contribution is 2.07. The van der Waals surface area contributed by atoms with E-state index in [9.17, 15) is 9.59 Å². The van der Waals surface area contributed by atoms with E-state index >= 15 is 0 Å². The molecule has 0 aliphatic rings. The number of amides is 1. The van der Waals surface area contributed by atoms with Crippen LogP contribution in [0.15, 0.2) is 30.3 Å². The molecule has 5 nitrogen and oxygen atoms in total. The summed E-state index contributed by atoms with van der Waals surface area (Å²) in [5.74, 6) is -1.31. The van der Waals surface area contributed by atoms with Gasteiger partial charge in [-0.25, -0.2) is 4.79 Å². The Morgan fingerprint density at radius 2 is 1.95 bits per heavy atom. The number of aliphatic carboxylic acids is 1. The van der Waals surface area contributed by atoms with Crippen molar-refractivity contribution in [1.82, 2.24) is 5.32 Å². The van der Waals surface area contributed by atoms with Gasteiger partial charge in [-0.3, -0.25) is 4.79 Å². The summed E-state index contributed by atoms with van der Waals surface area (Å²) >= 11 is 0. The van der Waals surface area contributed by atoms with Gasteiger partial charge in [-0.15, -0.1) is 0 Å². The van der Waals surface area contributed by atoms with Crippen molar-refractivity contribution in [2.75, 3.05) is 0 Å². The summed E-state index contributed by atoms with van der Waals surface area (Å²) in [5.41, 5.74) is 1.30. The molecule has 0 aliphatic heterocycles. The van der Waals surface area contributed by atoms with Crippen molar-refractivity contribution in [3.05, 3.63) is 41.5 Å². The van der Waals surface area contributed by atoms with Crippen LogP contribution in [0, 0.1) is 17.2 Å². The largest absolute Gasteiger partial charge is 0.480 e. The van der Waals surface area contributed by atoms with E-state index in [1.807, 2.05) is 19.9 Å². The summed E-state index contributed by atoms with van der Waals surface area (Å²) in [6.45, 7) is 3.80. The van der Waals surface area contributed by atoms with Crippen molar-refractivity contribution >= 4 is 18.0 Å². The quantitative estimate of drug-likeness (QED) is 0.784. The number of nitrogens with zero attached hydrogens (tertiary/aromatic N) is 1. The number of hydrogen-bond donors (Lipinski definition) is 2. The topological polar surface area (TPSA) is 90.2 Å². The predicted octanol–water partition coefficient (Wildman–Crippen LogP) is 2.19. The molecule has 1 aromatic carbocycles. The summed E-state index contributed by atoms with van der Waals surface area (Å²) in [5, 5.41) is 20.2. The van der Waals surface area contributed by atoms with Crippen LogP contribution < -0.4 is 5.32 Å². The summed E-state index contributed by atoms with van der Waals surface area (Å²) in [6.07, 6.45) is 3.24. The molecular formula is C16H18N2O3. The molecule has 1 rings (SSSR count). The fourth-order valence-electron chi connectivity index (χ4n) is 1.75. The number of carboxylic acids is 1. The van der Waals surface area contributed by atoms with Gasteiger partial charge in [-0.2, -0.15) is 5.26 Å². The van der Waals surface area contributed by atoms with E-state index < -0.39 is 17.9 Å². The first-order valence-corrected chi connectivity index (χ1v) is 6.64. The average Bonchev–Trinajstić information content (AvgIpc) is 2.44. The SMILES string of the molecule is CC(C)CC(NC(=O)/C=C/c1ccc(C#N)cc1)C(=O)O. The number of nitriles is 1. The van der Waals surface area contributed by atoms with Gasteiger partial charge in [0.1, 0.15) is 6.04 Å². The second-order valence-corrected chi connectivity index (χ2v) is 5.10. The van der Waals surface area contributed by atoms with E-state index in [0.29, 0.717) is 12.0 Å². The molecule has 0 aliphatic carbocycles. The minimum atomic E-state index is -1.04. The molecule has 0 saturated carbocycles. The van der Waals surface area contributed by atoms with Crippen LogP contribution in [0.1, 0.15) is 31.4 Å². The van der Waals surface area contributed by atoms with Crippen LogP contribution >= 0.6 is 0 Å². The van der Waals surface area contributed by atoms with Gasteiger partial charge in [-0.05, 0) is 36.1 Å². The minimum absolute atomic E-state index is 0.175. The van der Waals surface area contributed by atoms with Crippen molar-refractivity contribution in [3.63, 3.8) is 0 Å². The fourth-order valence-corrected chi connectivity index (χ4v) is 1.75. The molecule has 0 heterocycles. The van der Waals surface area contributed by atoms with Gasteiger partial charge in [0.25, 0.3) is 0 Å². The Balaban J connectivity index is 2.64. The lowest BCUT2D eigenvalue weighted by Gasteiger charge is -2.15. The highest BCUT2D eigenvalue weighted by molar-refractivity contribution is 5.94. The molecule has 0 fully saturated rings. The molecule has 2 N–H and O–H groups in total. The molecule has 0 radical (unpaired) electrons. The van der Waals surface area contributed by atoms with Gasteiger partial charge in [0, 0.05) is 6.08 Å². The Labute approximate surface area is 123 Å². The van der Waals surface area contributed by atoms with Crippen molar-refractivity contribution in [2.24, 2.45) is 5.92 Å². The number of carboxylic acid groups (broad SMARTS) is 1. The number of carbonyl (C=O) groups is 2. The first-order chi connectivity index (χ1) is 9.92. The standard InChI is InChI=1S/C16H18N2O3/c1-11(2)9-14(16(20)21)18-15(19)8-7-12-3-5-13(10-17)6-4-12/h3-8,11,14H,9H2,1-2H3,(H,18,19)(H,20,21)/b8-7+. The van der Waals surface area contributed by atoms with Gasteiger partial charge in [-0.1, -0.05) is 26.0 Å². The van der Waals surface area contributed by atoms with Crippen molar-refractivity contribution in [2.45, 2.75) is 26.3 Å². The van der Waals surface area contributed by atoms with E-state index in [0.717, 1.165) is 5.56 Å². The monoisotopic (exact) mass is 286 g/mol. The molecule has 0 bridgehead atoms. The maximum Gasteiger partial charge on any atom is 0.326 e. The van der Waals surface area contributed by atoms with Gasteiger partial charge in [0.05, 0.1) is 11.6 Å². The van der Waals surface area contributed by atoms with Crippen LogP contribution in [-0.4, -0.2) is 23.0 Å². The molecule has 1 aromatic rings. The van der Waals surface area contributed by atoms with E-state index in [1.54, 1.807) is 30.3 Å². The molecule has 110 valence electrons. The average molecular weight is 286 g/mol. The van der Waals surface area contributed by atoms with Crippen LogP contribution in [-0.2, 0) is 9.59 Å². The first-order valence-electron chi connectivity index (χ1n) is 6.64. The van der Waals surface area contributed by atoms with Gasteiger partial charge < -0.3 is 10.4 Å². The molecule has 1 amide bonds. The second-order valence-electron chi connectivity index (χ2n) is 5.10. The number of nitrogens with one attached hydrogen (secondary N) is 1. The highest BCUT2D eigenvalue weighted by atomic mass is 16.4. The fraction of sp³-hybridized carbons (Fsp3) is 0.312. The third-order valence-electron chi connectivity index (χ3n) is 2.79. The summed E-state index contributed by atoms with van der Waals surface area (Å²) in [4.78, 5) is 22.8. The molecule has 5 heteroatoms. The molecule has 0 saturated heterocycles. The van der Waals surface area contributed by atoms with Gasteiger partial charge in [0.2, 0.25) is 5.91 Å². The Morgan fingerprint density at radius 1 is 1.33 bits per heavy atom. The number of carbonyl (C=O) groups excluding carboxylic acids is 1. The number of rotatable bonds is 6. The van der Waals surface area contributed by atoms with E-state index in [-0.39, 0.29) is 5.92 Å². The summed E-state index contributed by atoms with van der Waals surface area (Å²) in [7, 11) is 0. The maximum absolute atomic E-state index is 11.7. The lowest BCUT2D eigenvalue weighted by Crippen LogP contribution is -2.40. The van der Waals surface area contributed by atoms with Crippen LogP contribution in [0.5, 0.6) is 0 Å². The normalized spacial score (nSPS) is 12.1. The van der Waals surface area contributed by atoms with Crippen LogP contribution in [0.25, 0.3) is 6.08 Å². The molecular weight excluding hydrogens is 268 g/mol. The van der Waals surface area contributed by atoms with Crippen molar-refractivity contribution in [3.8, 4) is 6.07 Å². The van der Waals surface area contributed by atoms with E-state index in [2.05, 4.69) is 5.32 Å². The molecule has 1 unspecified atom stereocenters. The Morgan fingerprint density at radius 3 is 2.43 bits per heavy atom. The molecule has 0 aromatic heterocycles. The number of benzene rings is 1. The Hall–Kier alpha value is -2.61. The van der Waals surface area contributed by atoms with Gasteiger partial charge >= 0.3 is 5.97 Å². The third-order valence-corrected chi connectivity index (χ3v) is 2.79. The zero-order valence-corrected chi connectivity index (χ0v) is 12.0. The lowest BCUT2D eigenvalue weighted by atomic mass is 10.0. The summed E-state index contributed by atoms with van der Waals surface area (Å²) < 4.78 is 0. The molecule has 0 spiro atoms. The number of hydrogen-bond acceptors (Lipinski definition) is 3. The molecule has 21 heavy (non-hydrogen) atoms. The van der Waals surface area contributed by atoms with E-state index in [4.69, 9.17) is 10.4 Å². The first kappa shape index (κ1) is 16.4. The smallest absolute Gasteiger partial charge is 0.326 e. The lowest BCUT2D eigenvalue weighted by molar-refractivity contribution is -0.141. The highest BCUT2D eigenvalue weighted by Gasteiger charge is 2.19. The van der Waals surface area contributed by atoms with Gasteiger partial charge in [0.15, 0.2) is 0 Å². The van der Waals surface area contributed by atoms with Crippen molar-refractivity contribution < 1.29 is 14.7 Å². The third kappa shape index (κ3) is 5.91. The second kappa shape index (κ2) is 7.85. The Kier molecular flexibility index (Phi) is 6.15. The maximum atomic E-state index is 11.7. The molecule has 1 atom stereocenters. The van der Waals surface area contributed by atoms with Crippen molar-refractivity contribution in [1.29, 1.82) is 5.26 Å². The van der Waals surface area contributed by atoms with Crippen LogP contribution in [0.3, 0.4) is 0 Å². The van der Waals surface area contributed by atoms with Crippen LogP contribution in [0.2, 0.25) is 0 Å². The zero-order valence-electron chi connectivity index (χ0n) is 12.0.